The maximum Gasteiger partial charge on any atom is 0.0627 e. The maximum absolute atomic E-state index is 2.62. The Morgan fingerprint density at radius 1 is 0.615 bits per heavy atom. The second kappa shape index (κ2) is 11.2. The van der Waals surface area contributed by atoms with Gasteiger partial charge in [0.2, 0.25) is 0 Å². The molecule has 0 saturated carbocycles. The molecule has 0 saturated heterocycles. The number of rotatable bonds is 4. The second-order valence-corrected chi connectivity index (χ2v) is 17.1. The van der Waals surface area contributed by atoms with Crippen LogP contribution in [0.15, 0.2) is 156 Å². The van der Waals surface area contributed by atoms with E-state index in [1.54, 1.807) is 0 Å². The molecule has 10 rings (SSSR count). The van der Waals surface area contributed by atoms with Gasteiger partial charge in [-0.1, -0.05) is 133 Å². The molecule has 0 radical (unpaired) electrons. The number of fused-ring (bicyclic) bond motifs is 7. The Hall–Kier alpha value is -5.08. The van der Waals surface area contributed by atoms with Gasteiger partial charge < -0.3 is 9.80 Å². The topological polar surface area (TPSA) is 6.48 Å². The van der Waals surface area contributed by atoms with Crippen molar-refractivity contribution in [3.8, 4) is 11.1 Å². The minimum atomic E-state index is -0.0770. The lowest BCUT2D eigenvalue weighted by atomic mass is 9.79. The molecular formula is C50H48N2. The van der Waals surface area contributed by atoms with Crippen LogP contribution >= 0.6 is 0 Å². The summed E-state index contributed by atoms with van der Waals surface area (Å²) in [6.45, 7) is 14.3. The van der Waals surface area contributed by atoms with Gasteiger partial charge in [-0.2, -0.15) is 0 Å². The first kappa shape index (κ1) is 31.6. The fourth-order valence-electron chi connectivity index (χ4n) is 10.4. The highest BCUT2D eigenvalue weighted by atomic mass is 15.2. The van der Waals surface area contributed by atoms with Crippen LogP contribution in [0.3, 0.4) is 0 Å². The van der Waals surface area contributed by atoms with Gasteiger partial charge in [-0.15, -0.1) is 0 Å². The molecule has 6 aliphatic rings. The van der Waals surface area contributed by atoms with Crippen molar-refractivity contribution in [1.29, 1.82) is 0 Å². The molecule has 2 heteroatoms. The summed E-state index contributed by atoms with van der Waals surface area (Å²) in [5.74, 6) is 1.36. The van der Waals surface area contributed by atoms with Gasteiger partial charge in [-0.05, 0) is 117 Å². The molecule has 0 amide bonds. The van der Waals surface area contributed by atoms with Crippen LogP contribution in [0.2, 0.25) is 0 Å². The number of nitrogens with zero attached hydrogens (tertiary/aromatic N) is 2. The Balaban J connectivity index is 1.13. The predicted octanol–water partition coefficient (Wildman–Crippen LogP) is 12.6. The van der Waals surface area contributed by atoms with Crippen LogP contribution in [0.5, 0.6) is 0 Å². The number of anilines is 3. The van der Waals surface area contributed by atoms with Gasteiger partial charge in [0, 0.05) is 45.2 Å². The van der Waals surface area contributed by atoms with Crippen molar-refractivity contribution < 1.29 is 0 Å². The van der Waals surface area contributed by atoms with Crippen molar-refractivity contribution >= 4 is 22.6 Å². The molecule has 0 fully saturated rings. The fraction of sp³-hybridized carbons (Fsp3) is 0.280. The molecule has 4 aromatic rings. The zero-order valence-electron chi connectivity index (χ0n) is 31.3. The third-order valence-electron chi connectivity index (χ3n) is 13.1. The average Bonchev–Trinajstić information content (AvgIpc) is 3.67. The second-order valence-electron chi connectivity index (χ2n) is 17.1. The minimum absolute atomic E-state index is 0.0443. The molecule has 0 bridgehead atoms. The van der Waals surface area contributed by atoms with E-state index >= 15 is 0 Å². The van der Waals surface area contributed by atoms with Crippen LogP contribution < -0.4 is 9.80 Å². The first-order valence-electron chi connectivity index (χ1n) is 19.4. The van der Waals surface area contributed by atoms with Gasteiger partial charge in [0.05, 0.1) is 6.04 Å². The lowest BCUT2D eigenvalue weighted by Crippen LogP contribution is -2.34. The number of hydrogen-bond donors (Lipinski definition) is 0. The SMILES string of the molecule is CC1C=CC2=C(C1)c1ccc(N(C3=CC4C5=C(CC(C)C=C5)N(c5ccccc5)C4C=C3)c3ccc4c(c3)C(C)(C)c3ccccc3-4)cc1C2(C)C. The molecule has 0 spiro atoms. The van der Waals surface area contributed by atoms with Crippen molar-refractivity contribution in [2.24, 2.45) is 17.8 Å². The number of benzene rings is 4. The minimum Gasteiger partial charge on any atom is -0.337 e. The highest BCUT2D eigenvalue weighted by molar-refractivity contribution is 5.87. The van der Waals surface area contributed by atoms with Crippen molar-refractivity contribution in [3.63, 3.8) is 0 Å². The van der Waals surface area contributed by atoms with Gasteiger partial charge in [-0.3, -0.25) is 0 Å². The van der Waals surface area contributed by atoms with E-state index in [0.717, 1.165) is 12.8 Å². The molecule has 4 aromatic carbocycles. The van der Waals surface area contributed by atoms with E-state index in [4.69, 9.17) is 0 Å². The van der Waals surface area contributed by atoms with Gasteiger partial charge in [0.1, 0.15) is 0 Å². The summed E-state index contributed by atoms with van der Waals surface area (Å²) in [5.41, 5.74) is 19.2. The van der Waals surface area contributed by atoms with Crippen molar-refractivity contribution in [1.82, 2.24) is 0 Å². The van der Waals surface area contributed by atoms with Gasteiger partial charge in [0.25, 0.3) is 0 Å². The molecule has 1 aliphatic heterocycles. The zero-order chi connectivity index (χ0) is 35.5. The smallest absolute Gasteiger partial charge is 0.0627 e. The summed E-state index contributed by atoms with van der Waals surface area (Å²) in [6, 6.07) is 34.8. The Labute approximate surface area is 309 Å². The Kier molecular flexibility index (Phi) is 6.82. The standard InChI is InChI=1S/C50H48N2/c1-31-17-24-44-41(26-31)39-23-19-36(30-46(39)50(44,5)6)51(35-18-22-38-37-14-10-11-15-43(37)49(3,4)45(38)29-35)34-20-25-47-42(28-34)40-21-16-32(2)27-48(40)52(47)33-12-8-7-9-13-33/h7-25,28-32,42,47H,26-27H2,1-6H3. The highest BCUT2D eigenvalue weighted by Crippen LogP contribution is 2.54. The Morgan fingerprint density at radius 2 is 1.27 bits per heavy atom. The van der Waals surface area contributed by atoms with E-state index < -0.39 is 0 Å². The summed E-state index contributed by atoms with van der Waals surface area (Å²) in [5, 5.41) is 0. The van der Waals surface area contributed by atoms with E-state index in [9.17, 15) is 0 Å². The Morgan fingerprint density at radius 3 is 2.06 bits per heavy atom. The van der Waals surface area contributed by atoms with Crippen molar-refractivity contribution in [2.45, 2.75) is 71.3 Å². The van der Waals surface area contributed by atoms with Crippen LogP contribution in [-0.4, -0.2) is 6.04 Å². The molecule has 4 unspecified atom stereocenters. The molecule has 0 N–H and O–H groups in total. The van der Waals surface area contributed by atoms with E-state index in [2.05, 4.69) is 185 Å². The zero-order valence-corrected chi connectivity index (χ0v) is 31.3. The average molecular weight is 677 g/mol. The number of para-hydroxylation sites is 1. The van der Waals surface area contributed by atoms with E-state index in [-0.39, 0.29) is 22.8 Å². The first-order chi connectivity index (χ1) is 25.1. The summed E-state index contributed by atoms with van der Waals surface area (Å²) in [4.78, 5) is 5.17. The largest absolute Gasteiger partial charge is 0.337 e. The van der Waals surface area contributed by atoms with E-state index in [1.165, 1.54) is 78.6 Å². The van der Waals surface area contributed by atoms with E-state index in [0.29, 0.717) is 11.8 Å². The van der Waals surface area contributed by atoms with Gasteiger partial charge in [-0.25, -0.2) is 0 Å². The third kappa shape index (κ3) is 4.49. The third-order valence-corrected chi connectivity index (χ3v) is 13.1. The monoisotopic (exact) mass is 676 g/mol. The fourth-order valence-corrected chi connectivity index (χ4v) is 10.4. The molecule has 4 atom stereocenters. The summed E-state index contributed by atoms with van der Waals surface area (Å²) in [7, 11) is 0. The van der Waals surface area contributed by atoms with Crippen LogP contribution in [-0.2, 0) is 10.8 Å². The van der Waals surface area contributed by atoms with E-state index in [1.807, 2.05) is 0 Å². The normalized spacial score (nSPS) is 25.3. The molecule has 52 heavy (non-hydrogen) atoms. The molecular weight excluding hydrogens is 629 g/mol. The number of hydrogen-bond acceptors (Lipinski definition) is 2. The van der Waals surface area contributed by atoms with Crippen LogP contribution in [0.1, 0.15) is 76.6 Å². The Bertz CT molecular complexity index is 2360. The lowest BCUT2D eigenvalue weighted by molar-refractivity contribution is 0.643. The van der Waals surface area contributed by atoms with Crippen LogP contribution in [0, 0.1) is 17.8 Å². The summed E-state index contributed by atoms with van der Waals surface area (Å²) in [6.07, 6.45) is 19.3. The van der Waals surface area contributed by atoms with Crippen LogP contribution in [0.4, 0.5) is 17.1 Å². The quantitative estimate of drug-likeness (QED) is 0.212. The van der Waals surface area contributed by atoms with Crippen LogP contribution in [0.25, 0.3) is 16.7 Å². The number of allylic oxidation sites excluding steroid dienone is 8. The molecule has 0 aromatic heterocycles. The summed E-state index contributed by atoms with van der Waals surface area (Å²) < 4.78 is 0. The maximum atomic E-state index is 2.62. The molecule has 258 valence electrons. The lowest BCUT2D eigenvalue weighted by Gasteiger charge is -2.35. The molecule has 2 nitrogen and oxygen atoms in total. The van der Waals surface area contributed by atoms with Crippen molar-refractivity contribution in [3.05, 3.63) is 178 Å². The predicted molar refractivity (Wildman–Crippen MR) is 219 cm³/mol. The first-order valence-corrected chi connectivity index (χ1v) is 19.4. The van der Waals surface area contributed by atoms with Gasteiger partial charge >= 0.3 is 0 Å². The summed E-state index contributed by atoms with van der Waals surface area (Å²) >= 11 is 0. The molecule has 5 aliphatic carbocycles. The van der Waals surface area contributed by atoms with Gasteiger partial charge in [0.15, 0.2) is 0 Å². The molecule has 1 heterocycles. The van der Waals surface area contributed by atoms with Crippen molar-refractivity contribution in [2.75, 3.05) is 9.80 Å². The highest BCUT2D eigenvalue weighted by Gasteiger charge is 2.43.